The Kier molecular flexibility index (Phi) is 9.99. The lowest BCUT2D eigenvalue weighted by Gasteiger charge is -2.41. The molecule has 0 saturated carbocycles. The van der Waals surface area contributed by atoms with Crippen molar-refractivity contribution >= 4 is 23.5 Å². The van der Waals surface area contributed by atoms with Crippen LogP contribution in [0, 0.1) is 5.92 Å². The molecule has 37 heavy (non-hydrogen) atoms. The monoisotopic (exact) mass is 522 g/mol. The topological polar surface area (TPSA) is 100 Å². The Bertz CT molecular complexity index is 1110. The highest BCUT2D eigenvalue weighted by atomic mass is 32.2. The third-order valence-electron chi connectivity index (χ3n) is 6.38. The van der Waals surface area contributed by atoms with Crippen molar-refractivity contribution in [2.24, 2.45) is 5.92 Å². The minimum Gasteiger partial charge on any atom is -0.396 e. The number of carbonyl (C=O) groups excluding carboxylic acids is 1. The predicted molar refractivity (Wildman–Crippen MR) is 146 cm³/mol. The number of rotatable bonds is 10. The SMILES string of the molecule is CC1C(CSCCO)OC(c2ccc(NC(=O)NCc3ccccc3)cc2)OC1c1ccc(CO)cc1. The van der Waals surface area contributed by atoms with Gasteiger partial charge < -0.3 is 30.3 Å². The molecule has 4 atom stereocenters. The molecule has 0 radical (unpaired) electrons. The van der Waals surface area contributed by atoms with Gasteiger partial charge in [0, 0.05) is 35.2 Å². The van der Waals surface area contributed by atoms with E-state index in [1.807, 2.05) is 78.9 Å². The molecule has 4 rings (SSSR count). The fourth-order valence-corrected chi connectivity index (χ4v) is 5.16. The normalized spacial score (nSPS) is 21.4. The first-order valence-corrected chi connectivity index (χ1v) is 13.6. The van der Waals surface area contributed by atoms with Crippen molar-refractivity contribution in [3.8, 4) is 0 Å². The molecule has 4 N–H and O–H groups in total. The van der Waals surface area contributed by atoms with Gasteiger partial charge >= 0.3 is 6.03 Å². The molecule has 0 spiro atoms. The molecule has 1 saturated heterocycles. The number of urea groups is 1. The van der Waals surface area contributed by atoms with Gasteiger partial charge in [-0.25, -0.2) is 4.79 Å². The summed E-state index contributed by atoms with van der Waals surface area (Å²) in [6.45, 7) is 2.69. The zero-order valence-electron chi connectivity index (χ0n) is 20.9. The summed E-state index contributed by atoms with van der Waals surface area (Å²) < 4.78 is 12.8. The molecule has 1 fully saturated rings. The van der Waals surface area contributed by atoms with Gasteiger partial charge in [0.1, 0.15) is 0 Å². The van der Waals surface area contributed by atoms with E-state index < -0.39 is 6.29 Å². The Morgan fingerprint density at radius 3 is 2.27 bits per heavy atom. The molecule has 2 amide bonds. The van der Waals surface area contributed by atoms with E-state index in [0.717, 1.165) is 28.0 Å². The van der Waals surface area contributed by atoms with Gasteiger partial charge in [-0.05, 0) is 28.8 Å². The first-order chi connectivity index (χ1) is 18.1. The summed E-state index contributed by atoms with van der Waals surface area (Å²) in [4.78, 5) is 12.3. The van der Waals surface area contributed by atoms with Gasteiger partial charge in [0.15, 0.2) is 6.29 Å². The fourth-order valence-electron chi connectivity index (χ4n) is 4.25. The van der Waals surface area contributed by atoms with E-state index in [-0.39, 0.29) is 37.4 Å². The average molecular weight is 523 g/mol. The Morgan fingerprint density at radius 2 is 1.59 bits per heavy atom. The predicted octanol–water partition coefficient (Wildman–Crippen LogP) is 5.02. The van der Waals surface area contributed by atoms with E-state index in [9.17, 15) is 15.0 Å². The van der Waals surface area contributed by atoms with Crippen molar-refractivity contribution in [3.05, 3.63) is 101 Å². The number of nitrogens with one attached hydrogen (secondary N) is 2. The summed E-state index contributed by atoms with van der Waals surface area (Å²) in [7, 11) is 0. The first-order valence-electron chi connectivity index (χ1n) is 12.5. The molecule has 0 aromatic heterocycles. The maximum atomic E-state index is 12.3. The Labute approximate surface area is 222 Å². The van der Waals surface area contributed by atoms with Gasteiger partial charge in [-0.15, -0.1) is 0 Å². The second-order valence-electron chi connectivity index (χ2n) is 9.04. The molecular weight excluding hydrogens is 488 g/mol. The van der Waals surface area contributed by atoms with Crippen LogP contribution in [0.25, 0.3) is 0 Å². The van der Waals surface area contributed by atoms with Crippen LogP contribution in [-0.4, -0.2) is 40.5 Å². The van der Waals surface area contributed by atoms with Crippen LogP contribution in [0.4, 0.5) is 10.5 Å². The molecule has 0 aliphatic carbocycles. The standard InChI is InChI=1S/C29H34N2O5S/c1-20-26(19-37-16-15-32)35-28(36-27(20)23-9-7-22(18-33)8-10-23)24-11-13-25(14-12-24)31-29(34)30-17-21-5-3-2-4-6-21/h2-14,20,26-28,32-33H,15-19H2,1H3,(H2,30,31,34). The van der Waals surface area contributed by atoms with Crippen molar-refractivity contribution in [1.82, 2.24) is 5.32 Å². The Hall–Kier alpha value is -2.88. The van der Waals surface area contributed by atoms with Crippen LogP contribution in [0.1, 0.15) is 41.6 Å². The zero-order chi connectivity index (χ0) is 26.0. The molecule has 4 unspecified atom stereocenters. The Balaban J connectivity index is 1.43. The number of anilines is 1. The smallest absolute Gasteiger partial charge is 0.319 e. The van der Waals surface area contributed by atoms with Crippen LogP contribution in [-0.2, 0) is 22.6 Å². The van der Waals surface area contributed by atoms with Crippen LogP contribution in [0.2, 0.25) is 0 Å². The van der Waals surface area contributed by atoms with E-state index in [4.69, 9.17) is 9.47 Å². The molecule has 0 bridgehead atoms. The van der Waals surface area contributed by atoms with Crippen molar-refractivity contribution in [3.63, 3.8) is 0 Å². The van der Waals surface area contributed by atoms with Gasteiger partial charge in [-0.1, -0.05) is 73.7 Å². The second kappa shape index (κ2) is 13.6. The summed E-state index contributed by atoms with van der Waals surface area (Å²) in [6.07, 6.45) is -0.827. The third-order valence-corrected chi connectivity index (χ3v) is 7.41. The van der Waals surface area contributed by atoms with Gasteiger partial charge in [0.05, 0.1) is 25.4 Å². The number of aliphatic hydroxyl groups is 2. The summed E-state index contributed by atoms with van der Waals surface area (Å²) in [5, 5.41) is 24.3. The summed E-state index contributed by atoms with van der Waals surface area (Å²) in [5.41, 5.74) is 4.44. The largest absolute Gasteiger partial charge is 0.396 e. The molecule has 1 aliphatic heterocycles. The lowest BCUT2D eigenvalue weighted by molar-refractivity contribution is -0.268. The number of ether oxygens (including phenoxy) is 2. The highest BCUT2D eigenvalue weighted by molar-refractivity contribution is 7.99. The van der Waals surface area contributed by atoms with Gasteiger partial charge in [-0.2, -0.15) is 11.8 Å². The highest BCUT2D eigenvalue weighted by Gasteiger charge is 2.38. The van der Waals surface area contributed by atoms with Crippen molar-refractivity contribution < 1.29 is 24.5 Å². The van der Waals surface area contributed by atoms with Crippen LogP contribution in [0.15, 0.2) is 78.9 Å². The zero-order valence-corrected chi connectivity index (χ0v) is 21.7. The Morgan fingerprint density at radius 1 is 0.892 bits per heavy atom. The molecule has 196 valence electrons. The van der Waals surface area contributed by atoms with Crippen LogP contribution in [0.5, 0.6) is 0 Å². The molecule has 3 aromatic rings. The summed E-state index contributed by atoms with van der Waals surface area (Å²) in [5.74, 6) is 1.49. The second-order valence-corrected chi connectivity index (χ2v) is 10.2. The quantitative estimate of drug-likeness (QED) is 0.279. The van der Waals surface area contributed by atoms with Gasteiger partial charge in [-0.3, -0.25) is 0 Å². The lowest BCUT2D eigenvalue weighted by Crippen LogP contribution is -2.38. The molecular formula is C29H34N2O5S. The van der Waals surface area contributed by atoms with E-state index in [1.165, 1.54) is 0 Å². The van der Waals surface area contributed by atoms with Crippen LogP contribution >= 0.6 is 11.8 Å². The minimum absolute atomic E-state index is 0.00180. The number of carbonyl (C=O) groups is 1. The number of amides is 2. The molecule has 1 heterocycles. The molecule has 7 nitrogen and oxygen atoms in total. The molecule has 1 aliphatic rings. The summed E-state index contributed by atoms with van der Waals surface area (Å²) in [6, 6.07) is 24.8. The van der Waals surface area contributed by atoms with Crippen molar-refractivity contribution in [2.45, 2.75) is 38.6 Å². The van der Waals surface area contributed by atoms with Crippen LogP contribution < -0.4 is 10.6 Å². The lowest BCUT2D eigenvalue weighted by atomic mass is 9.91. The number of hydrogen-bond acceptors (Lipinski definition) is 6. The van der Waals surface area contributed by atoms with Crippen molar-refractivity contribution in [2.75, 3.05) is 23.4 Å². The van der Waals surface area contributed by atoms with Crippen molar-refractivity contribution in [1.29, 1.82) is 0 Å². The molecule has 8 heteroatoms. The van der Waals surface area contributed by atoms with E-state index in [2.05, 4.69) is 17.6 Å². The maximum Gasteiger partial charge on any atom is 0.319 e. The van der Waals surface area contributed by atoms with E-state index >= 15 is 0 Å². The maximum absolute atomic E-state index is 12.3. The number of aliphatic hydroxyl groups excluding tert-OH is 2. The fraction of sp³-hybridized carbons (Fsp3) is 0.345. The highest BCUT2D eigenvalue weighted by Crippen LogP contribution is 2.42. The van der Waals surface area contributed by atoms with Crippen LogP contribution in [0.3, 0.4) is 0 Å². The first kappa shape index (κ1) is 27.2. The average Bonchev–Trinajstić information content (AvgIpc) is 2.94. The van der Waals surface area contributed by atoms with E-state index in [0.29, 0.717) is 18.0 Å². The number of hydrogen-bond donors (Lipinski definition) is 4. The number of benzene rings is 3. The number of thioether (sulfide) groups is 1. The molecule has 3 aromatic carbocycles. The van der Waals surface area contributed by atoms with Gasteiger partial charge in [0.2, 0.25) is 0 Å². The third kappa shape index (κ3) is 7.56. The van der Waals surface area contributed by atoms with Gasteiger partial charge in [0.25, 0.3) is 0 Å². The summed E-state index contributed by atoms with van der Waals surface area (Å²) >= 11 is 1.66. The van der Waals surface area contributed by atoms with E-state index in [1.54, 1.807) is 11.8 Å². The minimum atomic E-state index is -0.570.